The summed E-state index contributed by atoms with van der Waals surface area (Å²) >= 11 is 11.7. The smallest absolute Gasteiger partial charge is 0.244 e. The van der Waals surface area contributed by atoms with Crippen LogP contribution in [0.1, 0.15) is 18.9 Å². The first kappa shape index (κ1) is 20.7. The third kappa shape index (κ3) is 6.92. The lowest BCUT2D eigenvalue weighted by Crippen LogP contribution is -2.23. The van der Waals surface area contributed by atoms with Gasteiger partial charge in [0.1, 0.15) is 5.75 Å². The van der Waals surface area contributed by atoms with Gasteiger partial charge in [-0.3, -0.25) is 9.59 Å². The van der Waals surface area contributed by atoms with Crippen molar-refractivity contribution in [2.75, 3.05) is 12.4 Å². The predicted molar refractivity (Wildman–Crippen MR) is 108 cm³/mol. The zero-order valence-electron chi connectivity index (χ0n) is 14.9. The van der Waals surface area contributed by atoms with E-state index in [-0.39, 0.29) is 24.7 Å². The van der Waals surface area contributed by atoms with Crippen LogP contribution in [-0.4, -0.2) is 24.6 Å². The van der Waals surface area contributed by atoms with E-state index in [4.69, 9.17) is 27.9 Å². The molecule has 2 aromatic rings. The van der Waals surface area contributed by atoms with E-state index in [2.05, 4.69) is 15.8 Å². The van der Waals surface area contributed by atoms with Crippen LogP contribution >= 0.6 is 23.2 Å². The second-order valence-electron chi connectivity index (χ2n) is 5.75. The van der Waals surface area contributed by atoms with Crippen molar-refractivity contribution in [2.45, 2.75) is 19.8 Å². The second kappa shape index (κ2) is 9.94. The van der Waals surface area contributed by atoms with Crippen molar-refractivity contribution in [3.63, 3.8) is 0 Å². The standard InChI is InChI=1S/C19H19Cl2N3O3/c1-12(23-24-19(26)10-13-3-5-14(20)6-4-13)9-18(25)22-16-11-15(21)7-8-17(16)27-2/h3-8,11H,9-10H2,1-2H3,(H,22,25)(H,24,26). The lowest BCUT2D eigenvalue weighted by atomic mass is 10.1. The number of carbonyl (C=O) groups is 2. The summed E-state index contributed by atoms with van der Waals surface area (Å²) in [6.07, 6.45) is 0.177. The van der Waals surface area contributed by atoms with Crippen LogP contribution in [0, 0.1) is 0 Å². The molecular weight excluding hydrogens is 389 g/mol. The SMILES string of the molecule is COc1ccc(Cl)cc1NC(=O)CC(C)=NNC(=O)Cc1ccc(Cl)cc1. The van der Waals surface area contributed by atoms with E-state index >= 15 is 0 Å². The number of methoxy groups -OCH3 is 1. The molecule has 2 amide bonds. The number of ether oxygens (including phenoxy) is 1. The maximum absolute atomic E-state index is 12.2. The molecule has 142 valence electrons. The second-order valence-corrected chi connectivity index (χ2v) is 6.63. The van der Waals surface area contributed by atoms with Crippen LogP contribution in [0.4, 0.5) is 5.69 Å². The number of nitrogens with zero attached hydrogens (tertiary/aromatic N) is 1. The largest absolute Gasteiger partial charge is 0.495 e. The molecule has 0 fully saturated rings. The van der Waals surface area contributed by atoms with E-state index < -0.39 is 0 Å². The number of hydrazone groups is 1. The molecule has 0 bridgehead atoms. The van der Waals surface area contributed by atoms with Crippen LogP contribution in [0.5, 0.6) is 5.75 Å². The molecule has 2 aromatic carbocycles. The Morgan fingerprint density at radius 2 is 1.70 bits per heavy atom. The molecule has 8 heteroatoms. The van der Waals surface area contributed by atoms with Crippen molar-refractivity contribution in [3.8, 4) is 5.75 Å². The summed E-state index contributed by atoms with van der Waals surface area (Å²) < 4.78 is 5.18. The van der Waals surface area contributed by atoms with Crippen molar-refractivity contribution >= 4 is 46.4 Å². The van der Waals surface area contributed by atoms with Crippen molar-refractivity contribution in [1.82, 2.24) is 5.43 Å². The highest BCUT2D eigenvalue weighted by atomic mass is 35.5. The topological polar surface area (TPSA) is 79.8 Å². The molecule has 0 aliphatic carbocycles. The highest BCUT2D eigenvalue weighted by molar-refractivity contribution is 6.31. The Morgan fingerprint density at radius 3 is 2.37 bits per heavy atom. The fraction of sp³-hybridized carbons (Fsp3) is 0.211. The van der Waals surface area contributed by atoms with Crippen LogP contribution in [0.3, 0.4) is 0 Å². The minimum atomic E-state index is -0.302. The Morgan fingerprint density at radius 1 is 1.04 bits per heavy atom. The highest BCUT2D eigenvalue weighted by Gasteiger charge is 2.10. The zero-order chi connectivity index (χ0) is 19.8. The van der Waals surface area contributed by atoms with Gasteiger partial charge in [-0.25, -0.2) is 5.43 Å². The Hall–Kier alpha value is -2.57. The summed E-state index contributed by atoms with van der Waals surface area (Å²) in [5.74, 6) is -0.0871. The van der Waals surface area contributed by atoms with Gasteiger partial charge in [-0.1, -0.05) is 35.3 Å². The van der Waals surface area contributed by atoms with E-state index in [1.807, 2.05) is 0 Å². The highest BCUT2D eigenvalue weighted by Crippen LogP contribution is 2.27. The number of halogens is 2. The van der Waals surface area contributed by atoms with Crippen LogP contribution in [-0.2, 0) is 16.0 Å². The van der Waals surface area contributed by atoms with Gasteiger partial charge in [0, 0.05) is 15.8 Å². The molecule has 2 rings (SSSR count). The van der Waals surface area contributed by atoms with Gasteiger partial charge in [0.2, 0.25) is 11.8 Å². The minimum absolute atomic E-state index is 0.0108. The van der Waals surface area contributed by atoms with Gasteiger partial charge in [-0.05, 0) is 42.8 Å². The molecule has 0 aliphatic rings. The molecule has 0 unspecified atom stereocenters. The average molecular weight is 408 g/mol. The van der Waals surface area contributed by atoms with Crippen LogP contribution in [0.2, 0.25) is 10.0 Å². The number of rotatable bonds is 7. The number of amides is 2. The summed E-state index contributed by atoms with van der Waals surface area (Å²) in [5, 5.41) is 7.75. The molecule has 0 aromatic heterocycles. The normalized spacial score (nSPS) is 11.0. The van der Waals surface area contributed by atoms with Gasteiger partial charge >= 0.3 is 0 Å². The summed E-state index contributed by atoms with van der Waals surface area (Å²) in [6, 6.07) is 11.9. The molecule has 0 saturated carbocycles. The average Bonchev–Trinajstić information content (AvgIpc) is 2.62. The molecule has 0 atom stereocenters. The van der Waals surface area contributed by atoms with Gasteiger partial charge in [0.25, 0.3) is 0 Å². The van der Waals surface area contributed by atoms with Crippen LogP contribution in [0.25, 0.3) is 0 Å². The fourth-order valence-electron chi connectivity index (χ4n) is 2.23. The Bertz CT molecular complexity index is 852. The van der Waals surface area contributed by atoms with Crippen molar-refractivity contribution < 1.29 is 14.3 Å². The number of nitrogens with one attached hydrogen (secondary N) is 2. The molecule has 0 aliphatic heterocycles. The molecule has 2 N–H and O–H groups in total. The van der Waals surface area contributed by atoms with Crippen molar-refractivity contribution in [1.29, 1.82) is 0 Å². The first-order chi connectivity index (χ1) is 12.9. The van der Waals surface area contributed by atoms with Gasteiger partial charge < -0.3 is 10.1 Å². The summed E-state index contributed by atoms with van der Waals surface area (Å²) in [6.45, 7) is 1.65. The lowest BCUT2D eigenvalue weighted by molar-refractivity contribution is -0.120. The van der Waals surface area contributed by atoms with Gasteiger partial charge in [0.15, 0.2) is 0 Å². The predicted octanol–water partition coefficient (Wildman–Crippen LogP) is 4.07. The Balaban J connectivity index is 1.87. The van der Waals surface area contributed by atoms with E-state index in [0.717, 1.165) is 5.56 Å². The maximum atomic E-state index is 12.2. The number of anilines is 1. The first-order valence-electron chi connectivity index (χ1n) is 8.07. The molecule has 0 saturated heterocycles. The molecule has 0 heterocycles. The number of benzene rings is 2. The van der Waals surface area contributed by atoms with Crippen molar-refractivity contribution in [3.05, 3.63) is 58.1 Å². The molecule has 0 radical (unpaired) electrons. The summed E-state index contributed by atoms with van der Waals surface area (Å²) in [5.41, 5.74) is 4.18. The zero-order valence-corrected chi connectivity index (χ0v) is 16.4. The Labute approximate surface area is 167 Å². The summed E-state index contributed by atoms with van der Waals surface area (Å²) in [4.78, 5) is 24.1. The van der Waals surface area contributed by atoms with Crippen LogP contribution < -0.4 is 15.5 Å². The quantitative estimate of drug-likeness (QED) is 0.536. The monoisotopic (exact) mass is 407 g/mol. The van der Waals surface area contributed by atoms with E-state index in [0.29, 0.717) is 27.2 Å². The van der Waals surface area contributed by atoms with E-state index in [1.165, 1.54) is 7.11 Å². The molecule has 27 heavy (non-hydrogen) atoms. The Kier molecular flexibility index (Phi) is 7.64. The minimum Gasteiger partial charge on any atom is -0.495 e. The molecular formula is C19H19Cl2N3O3. The third-order valence-electron chi connectivity index (χ3n) is 3.50. The van der Waals surface area contributed by atoms with Gasteiger partial charge in [-0.15, -0.1) is 0 Å². The van der Waals surface area contributed by atoms with Crippen LogP contribution in [0.15, 0.2) is 47.6 Å². The number of carbonyl (C=O) groups excluding carboxylic acids is 2. The maximum Gasteiger partial charge on any atom is 0.244 e. The van der Waals surface area contributed by atoms with Gasteiger partial charge in [-0.2, -0.15) is 5.10 Å². The number of hydrogen-bond acceptors (Lipinski definition) is 4. The fourth-order valence-corrected chi connectivity index (χ4v) is 2.53. The molecule has 6 nitrogen and oxygen atoms in total. The first-order valence-corrected chi connectivity index (χ1v) is 8.83. The van der Waals surface area contributed by atoms with E-state index in [1.54, 1.807) is 49.4 Å². The summed E-state index contributed by atoms with van der Waals surface area (Å²) in [7, 11) is 1.50. The van der Waals surface area contributed by atoms with Gasteiger partial charge in [0.05, 0.1) is 25.6 Å². The van der Waals surface area contributed by atoms with Crippen molar-refractivity contribution in [2.24, 2.45) is 5.10 Å². The third-order valence-corrected chi connectivity index (χ3v) is 3.99. The molecule has 0 spiro atoms. The van der Waals surface area contributed by atoms with E-state index in [9.17, 15) is 9.59 Å². The number of hydrogen-bond donors (Lipinski definition) is 2. The lowest BCUT2D eigenvalue weighted by Gasteiger charge is -2.10.